The van der Waals surface area contributed by atoms with Crippen LogP contribution in [0.3, 0.4) is 0 Å². The Morgan fingerprint density at radius 2 is 2.00 bits per heavy atom. The largest absolute Gasteiger partial charge is 0.471 e. The van der Waals surface area contributed by atoms with Crippen LogP contribution in [0, 0.1) is 0 Å². The second-order valence-electron chi connectivity index (χ2n) is 4.83. The molecule has 0 aliphatic carbocycles. The minimum atomic E-state index is -4.79. The molecular weight excluding hydrogens is 357 g/mol. The number of nitrogens with zero attached hydrogens (tertiary/aromatic N) is 2. The third-order valence-corrected chi connectivity index (χ3v) is 4.39. The summed E-state index contributed by atoms with van der Waals surface area (Å²) in [5.41, 5.74) is 0. The van der Waals surface area contributed by atoms with Crippen LogP contribution in [0.4, 0.5) is 22.0 Å². The molecule has 0 aromatic carbocycles. The average Bonchev–Trinajstić information content (AvgIpc) is 3.14. The number of hydrogen-bond acceptors (Lipinski definition) is 5. The molecule has 0 bridgehead atoms. The highest BCUT2D eigenvalue weighted by molar-refractivity contribution is 7.15. The quantitative estimate of drug-likeness (QED) is 0.817. The fourth-order valence-electron chi connectivity index (χ4n) is 1.80. The van der Waals surface area contributed by atoms with E-state index >= 15 is 0 Å². The summed E-state index contributed by atoms with van der Waals surface area (Å²) in [6.07, 6.45) is -4.79. The Balaban J connectivity index is 2.24. The van der Waals surface area contributed by atoms with Crippen molar-refractivity contribution in [3.8, 4) is 10.7 Å². The molecule has 2 aromatic rings. The molecule has 1 N–H and O–H groups in total. The lowest BCUT2D eigenvalue weighted by molar-refractivity contribution is -0.159. The van der Waals surface area contributed by atoms with Gasteiger partial charge >= 0.3 is 18.0 Å². The first kappa shape index (κ1) is 18.3. The number of carbonyl (C=O) groups is 1. The van der Waals surface area contributed by atoms with Crippen molar-refractivity contribution in [3.63, 3.8) is 0 Å². The standard InChI is InChI=1S/C13H12F5N3O2S/c1-3-19-10(22)12(14,15)6(2)7-4-5-8(24-7)9-20-11(23-21-9)13(16,17)18/h4-6H,3H2,1-2H3,(H,19,22). The maximum atomic E-state index is 14.1. The van der Waals surface area contributed by atoms with Gasteiger partial charge in [-0.1, -0.05) is 12.1 Å². The number of carbonyl (C=O) groups excluding carboxylic acids is 1. The molecule has 1 unspecified atom stereocenters. The summed E-state index contributed by atoms with van der Waals surface area (Å²) in [6.45, 7) is 2.72. The highest BCUT2D eigenvalue weighted by atomic mass is 32.1. The lowest BCUT2D eigenvalue weighted by Crippen LogP contribution is -2.43. The van der Waals surface area contributed by atoms with E-state index in [0.717, 1.165) is 18.3 Å². The molecule has 0 fully saturated rings. The van der Waals surface area contributed by atoms with Crippen LogP contribution >= 0.6 is 11.3 Å². The van der Waals surface area contributed by atoms with Crippen LogP contribution in [0.25, 0.3) is 10.7 Å². The maximum absolute atomic E-state index is 14.1. The Labute approximate surface area is 136 Å². The summed E-state index contributed by atoms with van der Waals surface area (Å²) in [5, 5.41) is 5.24. The molecule has 2 heterocycles. The normalized spacial score (nSPS) is 13.8. The predicted molar refractivity (Wildman–Crippen MR) is 74.7 cm³/mol. The predicted octanol–water partition coefficient (Wildman–Crippen LogP) is 3.69. The van der Waals surface area contributed by atoms with E-state index in [2.05, 4.69) is 14.7 Å². The van der Waals surface area contributed by atoms with Crippen molar-refractivity contribution < 1.29 is 31.3 Å². The fourth-order valence-corrected chi connectivity index (χ4v) is 2.82. The van der Waals surface area contributed by atoms with Gasteiger partial charge in [0.05, 0.1) is 10.8 Å². The molecule has 2 aromatic heterocycles. The Morgan fingerprint density at radius 3 is 2.54 bits per heavy atom. The van der Waals surface area contributed by atoms with Gasteiger partial charge in [0.2, 0.25) is 5.82 Å². The highest BCUT2D eigenvalue weighted by Gasteiger charge is 2.46. The number of halogens is 5. The van der Waals surface area contributed by atoms with Crippen LogP contribution in [-0.2, 0) is 11.0 Å². The Hall–Kier alpha value is -2.04. The van der Waals surface area contributed by atoms with Gasteiger partial charge in [0.15, 0.2) is 0 Å². The average molecular weight is 369 g/mol. The number of hydrogen-bond donors (Lipinski definition) is 1. The molecule has 0 saturated carbocycles. The molecule has 1 atom stereocenters. The van der Waals surface area contributed by atoms with Crippen molar-refractivity contribution in [2.24, 2.45) is 0 Å². The SMILES string of the molecule is CCNC(=O)C(F)(F)C(C)c1ccc(-c2noc(C(F)(F)F)n2)s1. The zero-order chi connectivity index (χ0) is 18.1. The molecule has 2 rings (SSSR count). The van der Waals surface area contributed by atoms with Gasteiger partial charge in [-0.3, -0.25) is 4.79 Å². The minimum absolute atomic E-state index is 0.0555. The van der Waals surface area contributed by atoms with Crippen LogP contribution in [0.2, 0.25) is 0 Å². The van der Waals surface area contributed by atoms with Gasteiger partial charge in [-0.25, -0.2) is 0 Å². The van der Waals surface area contributed by atoms with Crippen molar-refractivity contribution in [2.75, 3.05) is 6.54 Å². The van der Waals surface area contributed by atoms with Crippen molar-refractivity contribution in [1.29, 1.82) is 0 Å². The maximum Gasteiger partial charge on any atom is 0.471 e. The highest BCUT2D eigenvalue weighted by Crippen LogP contribution is 2.39. The molecule has 1 amide bonds. The number of alkyl halides is 5. The number of thiophene rings is 1. The van der Waals surface area contributed by atoms with E-state index in [9.17, 15) is 26.7 Å². The molecule has 0 radical (unpaired) electrons. The second-order valence-corrected chi connectivity index (χ2v) is 5.94. The molecule has 5 nitrogen and oxygen atoms in total. The van der Waals surface area contributed by atoms with Gasteiger partial charge in [-0.15, -0.1) is 11.3 Å². The van der Waals surface area contributed by atoms with Crippen molar-refractivity contribution in [1.82, 2.24) is 15.5 Å². The lowest BCUT2D eigenvalue weighted by Gasteiger charge is -2.21. The summed E-state index contributed by atoms with van der Waals surface area (Å²) in [4.78, 5) is 14.9. The van der Waals surface area contributed by atoms with Gasteiger partial charge < -0.3 is 9.84 Å². The van der Waals surface area contributed by atoms with E-state index in [1.54, 1.807) is 0 Å². The van der Waals surface area contributed by atoms with E-state index in [4.69, 9.17) is 0 Å². The van der Waals surface area contributed by atoms with E-state index in [1.807, 2.05) is 5.32 Å². The van der Waals surface area contributed by atoms with Crippen LogP contribution in [0.1, 0.15) is 30.5 Å². The van der Waals surface area contributed by atoms with Crippen molar-refractivity contribution >= 4 is 17.2 Å². The van der Waals surface area contributed by atoms with Crippen LogP contribution in [-0.4, -0.2) is 28.5 Å². The first-order chi connectivity index (χ1) is 11.1. The van der Waals surface area contributed by atoms with E-state index in [0.29, 0.717) is 0 Å². The first-order valence-corrected chi connectivity index (χ1v) is 7.56. The van der Waals surface area contributed by atoms with Crippen LogP contribution < -0.4 is 5.32 Å². The van der Waals surface area contributed by atoms with Crippen molar-refractivity contribution in [3.05, 3.63) is 22.9 Å². The van der Waals surface area contributed by atoms with Crippen LogP contribution in [0.15, 0.2) is 16.7 Å². The van der Waals surface area contributed by atoms with Gasteiger partial charge in [-0.05, 0) is 19.1 Å². The molecular formula is C13H12F5N3O2S. The molecule has 11 heteroatoms. The number of rotatable bonds is 5. The second kappa shape index (κ2) is 6.46. The summed E-state index contributed by atoms with van der Waals surface area (Å²) >= 11 is 0.768. The zero-order valence-corrected chi connectivity index (χ0v) is 13.3. The number of aromatic nitrogens is 2. The number of amides is 1. The van der Waals surface area contributed by atoms with Crippen molar-refractivity contribution in [2.45, 2.75) is 31.9 Å². The van der Waals surface area contributed by atoms with Gasteiger partial charge in [0, 0.05) is 11.4 Å². The Bertz CT molecular complexity index is 725. The smallest absolute Gasteiger partial charge is 0.351 e. The summed E-state index contributed by atoms with van der Waals surface area (Å²) < 4.78 is 69.5. The summed E-state index contributed by atoms with van der Waals surface area (Å²) in [5.74, 6) is -8.41. The number of nitrogens with one attached hydrogen (secondary N) is 1. The molecule has 24 heavy (non-hydrogen) atoms. The van der Waals surface area contributed by atoms with Crippen LogP contribution in [0.5, 0.6) is 0 Å². The van der Waals surface area contributed by atoms with Gasteiger partial charge in [0.25, 0.3) is 5.91 Å². The van der Waals surface area contributed by atoms with E-state index in [-0.39, 0.29) is 22.1 Å². The van der Waals surface area contributed by atoms with E-state index < -0.39 is 29.8 Å². The monoisotopic (exact) mass is 369 g/mol. The summed E-state index contributed by atoms with van der Waals surface area (Å²) in [7, 11) is 0. The minimum Gasteiger partial charge on any atom is -0.351 e. The molecule has 0 aliphatic rings. The zero-order valence-electron chi connectivity index (χ0n) is 12.4. The lowest BCUT2D eigenvalue weighted by atomic mass is 10.0. The molecule has 0 aliphatic heterocycles. The topological polar surface area (TPSA) is 68.0 Å². The molecule has 132 valence electrons. The first-order valence-electron chi connectivity index (χ1n) is 6.74. The molecule has 0 spiro atoms. The van der Waals surface area contributed by atoms with Gasteiger partial charge in [0.1, 0.15) is 0 Å². The third-order valence-electron chi connectivity index (χ3n) is 3.13. The molecule has 0 saturated heterocycles. The van der Waals surface area contributed by atoms with E-state index in [1.165, 1.54) is 19.1 Å². The van der Waals surface area contributed by atoms with Gasteiger partial charge in [-0.2, -0.15) is 26.9 Å². The Kier molecular flexibility index (Phi) is 4.92. The third kappa shape index (κ3) is 3.55. The Morgan fingerprint density at radius 1 is 1.33 bits per heavy atom. The summed E-state index contributed by atoms with van der Waals surface area (Å²) in [6, 6.07) is 2.59. The fraction of sp³-hybridized carbons (Fsp3) is 0.462.